The fourth-order valence-electron chi connectivity index (χ4n) is 1.98. The van der Waals surface area contributed by atoms with E-state index in [1.807, 2.05) is 4.90 Å². The highest BCUT2D eigenvalue weighted by molar-refractivity contribution is 6.30. The Balaban J connectivity index is 1.98. The van der Waals surface area contributed by atoms with Crippen molar-refractivity contribution in [3.05, 3.63) is 29.3 Å². The number of amides is 1. The number of rotatable bonds is 6. The van der Waals surface area contributed by atoms with E-state index in [-0.39, 0.29) is 5.91 Å². The highest BCUT2D eigenvalue weighted by Gasteiger charge is 2.34. The third kappa shape index (κ3) is 4.02. The lowest BCUT2D eigenvalue weighted by Gasteiger charge is -2.25. The van der Waals surface area contributed by atoms with Crippen molar-refractivity contribution in [2.45, 2.75) is 31.9 Å². The first-order valence-corrected chi connectivity index (χ1v) is 7.31. The lowest BCUT2D eigenvalue weighted by molar-refractivity contribution is -0.138. The molecule has 1 atom stereocenters. The van der Waals surface area contributed by atoms with Gasteiger partial charge in [0.15, 0.2) is 6.10 Å². The number of alkyl halides is 1. The molecule has 1 aromatic carbocycles. The van der Waals surface area contributed by atoms with Gasteiger partial charge in [-0.15, -0.1) is 11.6 Å². The third-order valence-corrected chi connectivity index (χ3v) is 3.46. The number of hydrogen-bond acceptors (Lipinski definition) is 2. The Kier molecular flexibility index (Phi) is 4.94. The summed E-state index contributed by atoms with van der Waals surface area (Å²) < 4.78 is 5.64. The Labute approximate surface area is 123 Å². The van der Waals surface area contributed by atoms with E-state index < -0.39 is 6.10 Å². The van der Waals surface area contributed by atoms with Crippen LogP contribution in [0.25, 0.3) is 0 Å². The van der Waals surface area contributed by atoms with Crippen molar-refractivity contribution < 1.29 is 9.53 Å². The lowest BCUT2D eigenvalue weighted by Crippen LogP contribution is -2.42. The van der Waals surface area contributed by atoms with Gasteiger partial charge in [-0.25, -0.2) is 0 Å². The minimum absolute atomic E-state index is 0.0110. The summed E-state index contributed by atoms with van der Waals surface area (Å²) in [6.45, 7) is 2.33. The molecule has 0 heterocycles. The number of hydrogen-bond donors (Lipinski definition) is 0. The van der Waals surface area contributed by atoms with E-state index in [1.54, 1.807) is 31.2 Å². The van der Waals surface area contributed by atoms with Gasteiger partial charge in [0.05, 0.1) is 0 Å². The molecule has 104 valence electrons. The van der Waals surface area contributed by atoms with Crippen LogP contribution in [0.2, 0.25) is 5.02 Å². The SMILES string of the molecule is CC(Oc1cccc(Cl)c1)C(=O)N(CCCl)C1CC1. The van der Waals surface area contributed by atoms with Crippen LogP contribution in [0.4, 0.5) is 0 Å². The van der Waals surface area contributed by atoms with Crippen molar-refractivity contribution in [3.63, 3.8) is 0 Å². The molecule has 1 fully saturated rings. The third-order valence-electron chi connectivity index (χ3n) is 3.05. The fourth-order valence-corrected chi connectivity index (χ4v) is 2.34. The highest BCUT2D eigenvalue weighted by Crippen LogP contribution is 2.28. The molecule has 1 aromatic rings. The molecule has 0 spiro atoms. The Morgan fingerprint density at radius 3 is 2.84 bits per heavy atom. The van der Waals surface area contributed by atoms with Crippen LogP contribution < -0.4 is 4.74 Å². The summed E-state index contributed by atoms with van der Waals surface area (Å²) in [5.74, 6) is 1.05. The van der Waals surface area contributed by atoms with Crippen molar-refractivity contribution >= 4 is 29.1 Å². The molecule has 3 nitrogen and oxygen atoms in total. The lowest BCUT2D eigenvalue weighted by atomic mass is 10.3. The molecule has 0 N–H and O–H groups in total. The van der Waals surface area contributed by atoms with Gasteiger partial charge in [-0.2, -0.15) is 0 Å². The minimum Gasteiger partial charge on any atom is -0.481 e. The summed E-state index contributed by atoms with van der Waals surface area (Å²) in [6, 6.07) is 7.40. The Morgan fingerprint density at radius 2 is 2.26 bits per heavy atom. The number of benzene rings is 1. The first kappa shape index (κ1) is 14.5. The minimum atomic E-state index is -0.526. The van der Waals surface area contributed by atoms with Crippen LogP contribution in [0.15, 0.2) is 24.3 Å². The van der Waals surface area contributed by atoms with Gasteiger partial charge >= 0.3 is 0 Å². The second-order valence-electron chi connectivity index (χ2n) is 4.67. The zero-order valence-electron chi connectivity index (χ0n) is 10.8. The molecule has 0 aromatic heterocycles. The normalized spacial score (nSPS) is 15.9. The number of ether oxygens (including phenoxy) is 1. The molecule has 2 rings (SSSR count). The van der Waals surface area contributed by atoms with Crippen LogP contribution in [-0.4, -0.2) is 35.4 Å². The predicted molar refractivity (Wildman–Crippen MR) is 77.0 cm³/mol. The standard InChI is InChI=1S/C14H17Cl2NO2/c1-10(19-13-4-2-3-11(16)9-13)14(18)17(8-7-15)12-5-6-12/h2-4,9-10,12H,5-8H2,1H3. The number of nitrogens with zero attached hydrogens (tertiary/aromatic N) is 1. The first-order chi connectivity index (χ1) is 9.11. The van der Waals surface area contributed by atoms with Crippen molar-refractivity contribution in [1.29, 1.82) is 0 Å². The fraction of sp³-hybridized carbons (Fsp3) is 0.500. The second kappa shape index (κ2) is 6.49. The molecule has 5 heteroatoms. The average Bonchev–Trinajstić information content (AvgIpc) is 3.19. The van der Waals surface area contributed by atoms with Crippen LogP contribution in [-0.2, 0) is 4.79 Å². The maximum absolute atomic E-state index is 12.3. The Hall–Kier alpha value is -0.930. The van der Waals surface area contributed by atoms with Gasteiger partial charge in [0, 0.05) is 23.5 Å². The number of carbonyl (C=O) groups is 1. The molecule has 1 aliphatic carbocycles. The van der Waals surface area contributed by atoms with Crippen molar-refractivity contribution in [2.75, 3.05) is 12.4 Å². The topological polar surface area (TPSA) is 29.5 Å². The van der Waals surface area contributed by atoms with Crippen LogP contribution >= 0.6 is 23.2 Å². The predicted octanol–water partition coefficient (Wildman–Crippen LogP) is 3.34. The van der Waals surface area contributed by atoms with E-state index in [0.29, 0.717) is 29.2 Å². The average molecular weight is 302 g/mol. The van der Waals surface area contributed by atoms with E-state index >= 15 is 0 Å². The number of halogens is 2. The van der Waals surface area contributed by atoms with E-state index in [0.717, 1.165) is 12.8 Å². The van der Waals surface area contributed by atoms with Crippen molar-refractivity contribution in [1.82, 2.24) is 4.90 Å². The monoisotopic (exact) mass is 301 g/mol. The molecule has 1 saturated carbocycles. The van der Waals surface area contributed by atoms with Crippen LogP contribution in [0.3, 0.4) is 0 Å². The summed E-state index contributed by atoms with van der Waals surface area (Å²) in [5, 5.41) is 0.594. The molecule has 19 heavy (non-hydrogen) atoms. The summed E-state index contributed by atoms with van der Waals surface area (Å²) in [6.07, 6.45) is 1.60. The van der Waals surface area contributed by atoms with Crippen LogP contribution in [0.1, 0.15) is 19.8 Å². The summed E-state index contributed by atoms with van der Waals surface area (Å²) in [7, 11) is 0. The maximum atomic E-state index is 12.3. The van der Waals surface area contributed by atoms with Crippen LogP contribution in [0.5, 0.6) is 5.75 Å². The molecule has 1 amide bonds. The zero-order chi connectivity index (χ0) is 13.8. The van der Waals surface area contributed by atoms with E-state index in [9.17, 15) is 4.79 Å². The summed E-state index contributed by atoms with van der Waals surface area (Å²) in [4.78, 5) is 14.1. The molecule has 0 saturated heterocycles. The Morgan fingerprint density at radius 1 is 1.53 bits per heavy atom. The van der Waals surface area contributed by atoms with Gasteiger partial charge in [-0.3, -0.25) is 4.79 Å². The molecule has 0 bridgehead atoms. The number of carbonyl (C=O) groups excluding carboxylic acids is 1. The Bertz CT molecular complexity index is 449. The smallest absolute Gasteiger partial charge is 0.263 e. The molecule has 1 aliphatic rings. The summed E-state index contributed by atoms with van der Waals surface area (Å²) >= 11 is 11.6. The van der Waals surface area contributed by atoms with Gasteiger partial charge in [-0.1, -0.05) is 17.7 Å². The van der Waals surface area contributed by atoms with E-state index in [1.165, 1.54) is 0 Å². The summed E-state index contributed by atoms with van der Waals surface area (Å²) in [5.41, 5.74) is 0. The van der Waals surface area contributed by atoms with Crippen LogP contribution in [0, 0.1) is 0 Å². The molecule has 1 unspecified atom stereocenters. The van der Waals surface area contributed by atoms with Gasteiger partial charge in [0.25, 0.3) is 5.91 Å². The quantitative estimate of drug-likeness (QED) is 0.754. The van der Waals surface area contributed by atoms with Crippen molar-refractivity contribution in [3.8, 4) is 5.75 Å². The van der Waals surface area contributed by atoms with Gasteiger partial charge in [-0.05, 0) is 38.0 Å². The van der Waals surface area contributed by atoms with Gasteiger partial charge in [0.1, 0.15) is 5.75 Å². The molecular weight excluding hydrogens is 285 g/mol. The first-order valence-electron chi connectivity index (χ1n) is 6.40. The largest absolute Gasteiger partial charge is 0.481 e. The van der Waals surface area contributed by atoms with E-state index in [4.69, 9.17) is 27.9 Å². The van der Waals surface area contributed by atoms with Gasteiger partial charge < -0.3 is 9.64 Å². The highest BCUT2D eigenvalue weighted by atomic mass is 35.5. The maximum Gasteiger partial charge on any atom is 0.263 e. The van der Waals surface area contributed by atoms with Gasteiger partial charge in [0.2, 0.25) is 0 Å². The molecule has 0 radical (unpaired) electrons. The molecular formula is C14H17Cl2NO2. The zero-order valence-corrected chi connectivity index (χ0v) is 12.3. The second-order valence-corrected chi connectivity index (χ2v) is 5.48. The molecule has 0 aliphatic heterocycles. The van der Waals surface area contributed by atoms with Crippen molar-refractivity contribution in [2.24, 2.45) is 0 Å². The van der Waals surface area contributed by atoms with E-state index in [2.05, 4.69) is 0 Å².